The minimum absolute atomic E-state index is 0.0510. The lowest BCUT2D eigenvalue weighted by molar-refractivity contribution is -0.116. The normalized spacial score (nSPS) is 11.8. The predicted molar refractivity (Wildman–Crippen MR) is 92.5 cm³/mol. The van der Waals surface area contributed by atoms with Crippen molar-refractivity contribution in [3.8, 4) is 5.75 Å². The summed E-state index contributed by atoms with van der Waals surface area (Å²) >= 11 is 5.91. The van der Waals surface area contributed by atoms with Crippen LogP contribution in [-0.4, -0.2) is 45.1 Å². The molecule has 23 heavy (non-hydrogen) atoms. The molecule has 0 saturated heterocycles. The highest BCUT2D eigenvalue weighted by Gasteiger charge is 2.19. The van der Waals surface area contributed by atoms with Crippen LogP contribution >= 0.6 is 11.6 Å². The maximum Gasteiger partial charge on any atom is 0.225 e. The number of amides is 1. The molecule has 0 unspecified atom stereocenters. The molecular weight excluding hydrogens is 340 g/mol. The van der Waals surface area contributed by atoms with E-state index in [1.165, 1.54) is 11.4 Å². The number of halogens is 1. The van der Waals surface area contributed by atoms with Crippen LogP contribution < -0.4 is 10.1 Å². The molecule has 0 atom stereocenters. The van der Waals surface area contributed by atoms with Gasteiger partial charge in [-0.15, -0.1) is 0 Å². The Bertz CT molecular complexity index is 647. The first kappa shape index (κ1) is 19.7. The van der Waals surface area contributed by atoms with Crippen LogP contribution in [0.4, 0.5) is 5.69 Å². The number of hydrogen-bond acceptors (Lipinski definition) is 4. The minimum atomic E-state index is -3.34. The fourth-order valence-corrected chi connectivity index (χ4v) is 3.18. The SMILES string of the molecule is COc1ccc(Cl)cc1NC(=O)CCN(CC(C)C)S(C)(=O)=O. The molecule has 1 amide bonds. The molecule has 8 heteroatoms. The molecule has 0 saturated carbocycles. The lowest BCUT2D eigenvalue weighted by Gasteiger charge is -2.21. The average molecular weight is 363 g/mol. The molecule has 1 rings (SSSR count). The van der Waals surface area contributed by atoms with Crippen molar-refractivity contribution in [2.75, 3.05) is 31.8 Å². The van der Waals surface area contributed by atoms with E-state index in [-0.39, 0.29) is 24.8 Å². The molecule has 0 spiro atoms. The summed E-state index contributed by atoms with van der Waals surface area (Å²) in [6, 6.07) is 4.89. The van der Waals surface area contributed by atoms with Gasteiger partial charge in [-0.3, -0.25) is 4.79 Å². The average Bonchev–Trinajstić information content (AvgIpc) is 2.42. The van der Waals surface area contributed by atoms with Gasteiger partial charge in [0.2, 0.25) is 15.9 Å². The smallest absolute Gasteiger partial charge is 0.225 e. The second-order valence-electron chi connectivity index (χ2n) is 5.66. The van der Waals surface area contributed by atoms with E-state index in [9.17, 15) is 13.2 Å². The second-order valence-corrected chi connectivity index (χ2v) is 8.08. The minimum Gasteiger partial charge on any atom is -0.495 e. The van der Waals surface area contributed by atoms with Crippen molar-refractivity contribution in [2.24, 2.45) is 5.92 Å². The van der Waals surface area contributed by atoms with Crippen molar-refractivity contribution < 1.29 is 17.9 Å². The third-order valence-corrected chi connectivity index (χ3v) is 4.57. The van der Waals surface area contributed by atoms with Gasteiger partial charge in [-0.2, -0.15) is 0 Å². The molecular formula is C15H23ClN2O4S. The van der Waals surface area contributed by atoms with E-state index < -0.39 is 10.0 Å². The number of carbonyl (C=O) groups excluding carboxylic acids is 1. The van der Waals surface area contributed by atoms with E-state index in [1.54, 1.807) is 18.2 Å². The Morgan fingerprint density at radius 1 is 1.39 bits per heavy atom. The third-order valence-electron chi connectivity index (χ3n) is 3.06. The zero-order chi connectivity index (χ0) is 17.6. The van der Waals surface area contributed by atoms with Gasteiger partial charge < -0.3 is 10.1 Å². The number of benzene rings is 1. The van der Waals surface area contributed by atoms with Gasteiger partial charge in [0.05, 0.1) is 19.1 Å². The van der Waals surface area contributed by atoms with E-state index in [4.69, 9.17) is 16.3 Å². The number of hydrogen-bond donors (Lipinski definition) is 1. The van der Waals surface area contributed by atoms with Crippen LogP contribution in [-0.2, 0) is 14.8 Å². The molecule has 0 aliphatic carbocycles. The van der Waals surface area contributed by atoms with Crippen molar-refractivity contribution in [3.05, 3.63) is 23.2 Å². The molecule has 0 bridgehead atoms. The fraction of sp³-hybridized carbons (Fsp3) is 0.533. The summed E-state index contributed by atoms with van der Waals surface area (Å²) in [5.74, 6) is 0.369. The highest BCUT2D eigenvalue weighted by molar-refractivity contribution is 7.88. The first-order chi connectivity index (χ1) is 10.6. The number of sulfonamides is 1. The van der Waals surface area contributed by atoms with Crippen molar-refractivity contribution in [3.63, 3.8) is 0 Å². The van der Waals surface area contributed by atoms with Crippen molar-refractivity contribution in [1.82, 2.24) is 4.31 Å². The van der Waals surface area contributed by atoms with Gasteiger partial charge in [0, 0.05) is 24.5 Å². The van der Waals surface area contributed by atoms with E-state index >= 15 is 0 Å². The van der Waals surface area contributed by atoms with E-state index in [2.05, 4.69) is 5.32 Å². The highest BCUT2D eigenvalue weighted by atomic mass is 35.5. The fourth-order valence-electron chi connectivity index (χ4n) is 2.02. The molecule has 130 valence electrons. The first-order valence-electron chi connectivity index (χ1n) is 7.22. The summed E-state index contributed by atoms with van der Waals surface area (Å²) in [6.45, 7) is 4.36. The van der Waals surface area contributed by atoms with E-state index in [0.717, 1.165) is 6.26 Å². The van der Waals surface area contributed by atoms with Gasteiger partial charge in [-0.1, -0.05) is 25.4 Å². The van der Waals surface area contributed by atoms with Crippen molar-refractivity contribution in [1.29, 1.82) is 0 Å². The number of nitrogens with zero attached hydrogens (tertiary/aromatic N) is 1. The molecule has 0 aliphatic rings. The summed E-state index contributed by atoms with van der Waals surface area (Å²) in [5.41, 5.74) is 0.458. The van der Waals surface area contributed by atoms with Crippen molar-refractivity contribution in [2.45, 2.75) is 20.3 Å². The Labute approximate surface area is 142 Å². The first-order valence-corrected chi connectivity index (χ1v) is 9.44. The van der Waals surface area contributed by atoms with Crippen LogP contribution in [0.5, 0.6) is 5.75 Å². The zero-order valence-electron chi connectivity index (χ0n) is 13.8. The predicted octanol–water partition coefficient (Wildman–Crippen LogP) is 2.59. The molecule has 0 aromatic heterocycles. The van der Waals surface area contributed by atoms with Gasteiger partial charge in [-0.25, -0.2) is 12.7 Å². The Balaban J connectivity index is 2.71. The maximum absolute atomic E-state index is 12.1. The lowest BCUT2D eigenvalue weighted by Crippen LogP contribution is -2.35. The van der Waals surface area contributed by atoms with Crippen molar-refractivity contribution >= 4 is 33.2 Å². The number of anilines is 1. The summed E-state index contributed by atoms with van der Waals surface area (Å²) in [5, 5.41) is 3.16. The van der Waals surface area contributed by atoms with Gasteiger partial charge in [0.15, 0.2) is 0 Å². The molecule has 1 N–H and O–H groups in total. The lowest BCUT2D eigenvalue weighted by atomic mass is 10.2. The number of carbonyl (C=O) groups is 1. The van der Waals surface area contributed by atoms with Crippen LogP contribution in [0.2, 0.25) is 5.02 Å². The summed E-state index contributed by atoms with van der Waals surface area (Å²) in [6.07, 6.45) is 1.20. The van der Waals surface area contributed by atoms with Crippen LogP contribution in [0.25, 0.3) is 0 Å². The van der Waals surface area contributed by atoms with Gasteiger partial charge >= 0.3 is 0 Å². The molecule has 0 radical (unpaired) electrons. The molecule has 0 aliphatic heterocycles. The van der Waals surface area contributed by atoms with E-state index in [1.807, 2.05) is 13.8 Å². The maximum atomic E-state index is 12.1. The standard InChI is InChI=1S/C15H23ClN2O4S/c1-11(2)10-18(23(4,20)21)8-7-15(19)17-13-9-12(16)5-6-14(13)22-3/h5-6,9,11H,7-8,10H2,1-4H3,(H,17,19). The van der Waals surface area contributed by atoms with E-state index in [0.29, 0.717) is 23.0 Å². The largest absolute Gasteiger partial charge is 0.495 e. The third kappa shape index (κ3) is 6.76. The monoisotopic (exact) mass is 362 g/mol. The quantitative estimate of drug-likeness (QED) is 0.771. The van der Waals surface area contributed by atoms with Gasteiger partial charge in [-0.05, 0) is 24.1 Å². The number of methoxy groups -OCH3 is 1. The van der Waals surface area contributed by atoms with Gasteiger partial charge in [0.1, 0.15) is 5.75 Å². The number of nitrogens with one attached hydrogen (secondary N) is 1. The van der Waals surface area contributed by atoms with Crippen LogP contribution in [0.3, 0.4) is 0 Å². The number of ether oxygens (including phenoxy) is 1. The highest BCUT2D eigenvalue weighted by Crippen LogP contribution is 2.27. The topological polar surface area (TPSA) is 75.7 Å². The van der Waals surface area contributed by atoms with Crippen LogP contribution in [0.15, 0.2) is 18.2 Å². The Kier molecular flexibility index (Phi) is 7.31. The van der Waals surface area contributed by atoms with Crippen LogP contribution in [0.1, 0.15) is 20.3 Å². The Morgan fingerprint density at radius 3 is 2.57 bits per heavy atom. The summed E-state index contributed by atoms with van der Waals surface area (Å²) < 4.78 is 29.9. The summed E-state index contributed by atoms with van der Waals surface area (Å²) in [7, 11) is -1.85. The van der Waals surface area contributed by atoms with Gasteiger partial charge in [0.25, 0.3) is 0 Å². The number of rotatable bonds is 8. The molecule has 6 nitrogen and oxygen atoms in total. The Hall–Kier alpha value is -1.31. The second kappa shape index (κ2) is 8.52. The molecule has 1 aromatic rings. The molecule has 0 heterocycles. The Morgan fingerprint density at radius 2 is 2.04 bits per heavy atom. The van der Waals surface area contributed by atoms with Crippen LogP contribution in [0, 0.1) is 5.92 Å². The zero-order valence-corrected chi connectivity index (χ0v) is 15.4. The molecule has 0 fully saturated rings. The summed E-state index contributed by atoms with van der Waals surface area (Å²) in [4.78, 5) is 12.1. The molecule has 1 aromatic carbocycles.